The Balaban J connectivity index is 2.24. The van der Waals surface area contributed by atoms with Gasteiger partial charge >= 0.3 is 0 Å². The molecule has 1 saturated heterocycles. The molecule has 0 aliphatic carbocycles. The molecule has 0 aromatic heterocycles. The van der Waals surface area contributed by atoms with Gasteiger partial charge in [-0.15, -0.1) is 0 Å². The highest BCUT2D eigenvalue weighted by Crippen LogP contribution is 2.27. The van der Waals surface area contributed by atoms with Gasteiger partial charge in [0.1, 0.15) is 0 Å². The van der Waals surface area contributed by atoms with E-state index in [9.17, 15) is 4.39 Å². The van der Waals surface area contributed by atoms with Gasteiger partial charge in [-0.3, -0.25) is 0 Å². The third-order valence-corrected chi connectivity index (χ3v) is 4.19. The first-order valence-electron chi connectivity index (χ1n) is 7.40. The van der Waals surface area contributed by atoms with E-state index in [1.54, 1.807) is 12.1 Å². The molecular formula is C16H25FN2O. The van der Waals surface area contributed by atoms with Crippen molar-refractivity contribution in [1.29, 1.82) is 0 Å². The molecule has 0 radical (unpaired) electrons. The average molecular weight is 280 g/mol. The zero-order chi connectivity index (χ0) is 14.7. The Labute approximate surface area is 121 Å². The smallest absolute Gasteiger partial charge is 0.167 e. The second-order valence-corrected chi connectivity index (χ2v) is 5.79. The standard InChI is InChI=1S/C16H25FN2O/c1-5-12-9-18-15(11(2)3)10-19(12)13-6-7-16(20-4)14(17)8-13/h6-8,11-12,15,18H,5,9-10H2,1-4H3. The fourth-order valence-electron chi connectivity index (χ4n) is 2.78. The van der Waals surface area contributed by atoms with Gasteiger partial charge in [-0.05, 0) is 24.5 Å². The van der Waals surface area contributed by atoms with Crippen LogP contribution in [0.3, 0.4) is 0 Å². The summed E-state index contributed by atoms with van der Waals surface area (Å²) in [4.78, 5) is 2.32. The zero-order valence-corrected chi connectivity index (χ0v) is 12.8. The van der Waals surface area contributed by atoms with E-state index in [0.29, 0.717) is 23.8 Å². The van der Waals surface area contributed by atoms with Gasteiger partial charge < -0.3 is 15.0 Å². The topological polar surface area (TPSA) is 24.5 Å². The predicted molar refractivity (Wildman–Crippen MR) is 81.0 cm³/mol. The highest BCUT2D eigenvalue weighted by atomic mass is 19.1. The molecule has 0 saturated carbocycles. The van der Waals surface area contributed by atoms with Crippen molar-refractivity contribution < 1.29 is 9.13 Å². The maximum Gasteiger partial charge on any atom is 0.167 e. The first-order valence-corrected chi connectivity index (χ1v) is 7.40. The Kier molecular flexibility index (Phi) is 4.86. The van der Waals surface area contributed by atoms with Crippen molar-refractivity contribution in [2.75, 3.05) is 25.1 Å². The number of anilines is 1. The number of hydrogen-bond acceptors (Lipinski definition) is 3. The third kappa shape index (κ3) is 3.06. The van der Waals surface area contributed by atoms with Crippen LogP contribution in [0, 0.1) is 11.7 Å². The van der Waals surface area contributed by atoms with Gasteiger partial charge in [-0.2, -0.15) is 0 Å². The van der Waals surface area contributed by atoms with Crippen molar-refractivity contribution in [3.8, 4) is 5.75 Å². The Morgan fingerprint density at radius 1 is 1.45 bits per heavy atom. The summed E-state index contributed by atoms with van der Waals surface area (Å²) in [7, 11) is 1.49. The quantitative estimate of drug-likeness (QED) is 0.917. The van der Waals surface area contributed by atoms with Crippen LogP contribution in [0.15, 0.2) is 18.2 Å². The summed E-state index contributed by atoms with van der Waals surface area (Å²) in [5.74, 6) is 0.579. The molecule has 1 aliphatic heterocycles. The molecule has 2 unspecified atom stereocenters. The predicted octanol–water partition coefficient (Wildman–Crippen LogP) is 3.05. The van der Waals surface area contributed by atoms with Crippen molar-refractivity contribution in [2.24, 2.45) is 5.92 Å². The number of benzene rings is 1. The fraction of sp³-hybridized carbons (Fsp3) is 0.625. The average Bonchev–Trinajstić information content (AvgIpc) is 2.46. The summed E-state index contributed by atoms with van der Waals surface area (Å²) >= 11 is 0. The van der Waals surface area contributed by atoms with Crippen molar-refractivity contribution >= 4 is 5.69 Å². The molecule has 0 amide bonds. The minimum Gasteiger partial charge on any atom is -0.494 e. The van der Waals surface area contributed by atoms with Crippen LogP contribution in [0.25, 0.3) is 0 Å². The van der Waals surface area contributed by atoms with Gasteiger partial charge in [0.05, 0.1) is 7.11 Å². The molecule has 3 nitrogen and oxygen atoms in total. The summed E-state index contributed by atoms with van der Waals surface area (Å²) in [5, 5.41) is 3.60. The molecule has 1 heterocycles. The van der Waals surface area contributed by atoms with Crippen LogP contribution in [0.5, 0.6) is 5.75 Å². The minimum absolute atomic E-state index is 0.292. The molecule has 2 rings (SSSR count). The number of ether oxygens (including phenoxy) is 1. The van der Waals surface area contributed by atoms with Crippen LogP contribution in [-0.4, -0.2) is 32.3 Å². The van der Waals surface area contributed by atoms with E-state index >= 15 is 0 Å². The van der Waals surface area contributed by atoms with E-state index in [1.807, 2.05) is 6.07 Å². The monoisotopic (exact) mass is 280 g/mol. The molecule has 112 valence electrons. The molecule has 4 heteroatoms. The van der Waals surface area contributed by atoms with Crippen LogP contribution < -0.4 is 15.0 Å². The van der Waals surface area contributed by atoms with E-state index in [1.165, 1.54) is 7.11 Å². The van der Waals surface area contributed by atoms with E-state index in [-0.39, 0.29) is 5.82 Å². The molecule has 1 aromatic carbocycles. The highest BCUT2D eigenvalue weighted by Gasteiger charge is 2.28. The fourth-order valence-corrected chi connectivity index (χ4v) is 2.78. The lowest BCUT2D eigenvalue weighted by Crippen LogP contribution is -2.58. The van der Waals surface area contributed by atoms with Gasteiger partial charge in [0.2, 0.25) is 0 Å². The van der Waals surface area contributed by atoms with Gasteiger partial charge in [-0.1, -0.05) is 20.8 Å². The van der Waals surface area contributed by atoms with Crippen LogP contribution in [0.1, 0.15) is 27.2 Å². The molecule has 1 fully saturated rings. The summed E-state index contributed by atoms with van der Waals surface area (Å²) < 4.78 is 18.9. The highest BCUT2D eigenvalue weighted by molar-refractivity contribution is 5.51. The lowest BCUT2D eigenvalue weighted by Gasteiger charge is -2.43. The Morgan fingerprint density at radius 2 is 2.20 bits per heavy atom. The molecule has 1 aliphatic rings. The number of hydrogen-bond donors (Lipinski definition) is 1. The van der Waals surface area contributed by atoms with E-state index in [0.717, 1.165) is 25.2 Å². The lowest BCUT2D eigenvalue weighted by molar-refractivity contribution is 0.324. The Hall–Kier alpha value is -1.29. The summed E-state index contributed by atoms with van der Waals surface area (Å²) in [6.07, 6.45) is 1.05. The van der Waals surface area contributed by atoms with Crippen LogP contribution in [-0.2, 0) is 0 Å². The number of methoxy groups -OCH3 is 1. The van der Waals surface area contributed by atoms with Gasteiger partial charge in [0, 0.05) is 36.9 Å². The second-order valence-electron chi connectivity index (χ2n) is 5.79. The molecule has 1 N–H and O–H groups in total. The Bertz CT molecular complexity index is 450. The number of nitrogens with zero attached hydrogens (tertiary/aromatic N) is 1. The SMILES string of the molecule is CCC1CNC(C(C)C)CN1c1ccc(OC)c(F)c1. The van der Waals surface area contributed by atoms with Gasteiger partial charge in [-0.25, -0.2) is 4.39 Å². The van der Waals surface area contributed by atoms with Gasteiger partial charge in [0.25, 0.3) is 0 Å². The van der Waals surface area contributed by atoms with Crippen molar-refractivity contribution in [3.05, 3.63) is 24.0 Å². The number of rotatable bonds is 4. The lowest BCUT2D eigenvalue weighted by atomic mass is 9.98. The Morgan fingerprint density at radius 3 is 2.75 bits per heavy atom. The summed E-state index contributed by atoms with van der Waals surface area (Å²) in [6, 6.07) is 6.11. The molecular weight excluding hydrogens is 255 g/mol. The van der Waals surface area contributed by atoms with E-state index in [2.05, 4.69) is 31.0 Å². The number of piperazine rings is 1. The van der Waals surface area contributed by atoms with Gasteiger partial charge in [0.15, 0.2) is 11.6 Å². The van der Waals surface area contributed by atoms with Crippen LogP contribution in [0.2, 0.25) is 0 Å². The molecule has 1 aromatic rings. The largest absolute Gasteiger partial charge is 0.494 e. The maximum atomic E-state index is 13.9. The maximum absolute atomic E-state index is 13.9. The van der Waals surface area contributed by atoms with E-state index in [4.69, 9.17) is 4.74 Å². The number of nitrogens with one attached hydrogen (secondary N) is 1. The van der Waals surface area contributed by atoms with Crippen molar-refractivity contribution in [1.82, 2.24) is 5.32 Å². The first kappa shape index (κ1) is 15.1. The molecule has 0 bridgehead atoms. The van der Waals surface area contributed by atoms with Crippen molar-refractivity contribution in [2.45, 2.75) is 39.3 Å². The molecule has 20 heavy (non-hydrogen) atoms. The van der Waals surface area contributed by atoms with Crippen LogP contribution >= 0.6 is 0 Å². The van der Waals surface area contributed by atoms with Crippen molar-refractivity contribution in [3.63, 3.8) is 0 Å². The van der Waals surface area contributed by atoms with Crippen LogP contribution in [0.4, 0.5) is 10.1 Å². The zero-order valence-electron chi connectivity index (χ0n) is 12.8. The normalized spacial score (nSPS) is 23.2. The second kappa shape index (κ2) is 6.44. The summed E-state index contributed by atoms with van der Waals surface area (Å²) in [6.45, 7) is 8.48. The summed E-state index contributed by atoms with van der Waals surface area (Å²) in [5.41, 5.74) is 0.947. The molecule has 0 spiro atoms. The molecule has 2 atom stereocenters. The number of halogens is 1. The minimum atomic E-state index is -0.292. The first-order chi connectivity index (χ1) is 9.56. The van der Waals surface area contributed by atoms with E-state index < -0.39 is 0 Å². The third-order valence-electron chi connectivity index (χ3n) is 4.19.